The molecule has 0 aliphatic rings. The number of sulfonamides is 1. The van der Waals surface area contributed by atoms with Crippen molar-refractivity contribution in [3.8, 4) is 16.2 Å². The number of hydrogen-bond acceptors (Lipinski definition) is 5. The van der Waals surface area contributed by atoms with Crippen LogP contribution in [0.4, 0.5) is 0 Å². The van der Waals surface area contributed by atoms with Gasteiger partial charge in [-0.2, -0.15) is 0 Å². The molecule has 0 aliphatic heterocycles. The maximum absolute atomic E-state index is 12.7. The van der Waals surface area contributed by atoms with E-state index >= 15 is 0 Å². The molecule has 0 aliphatic carbocycles. The Kier molecular flexibility index (Phi) is 7.62. The van der Waals surface area contributed by atoms with Gasteiger partial charge in [-0.1, -0.05) is 60.7 Å². The van der Waals surface area contributed by atoms with Crippen molar-refractivity contribution < 1.29 is 17.9 Å². The fourth-order valence-corrected chi connectivity index (χ4v) is 4.71. The first-order valence-corrected chi connectivity index (χ1v) is 12.1. The minimum Gasteiger partial charge on any atom is -0.492 e. The molecule has 0 spiro atoms. The van der Waals surface area contributed by atoms with Gasteiger partial charge in [0.2, 0.25) is 10.0 Å². The summed E-state index contributed by atoms with van der Waals surface area (Å²) in [6.45, 7) is 2.51. The van der Waals surface area contributed by atoms with Crippen LogP contribution in [0.5, 0.6) is 5.75 Å². The molecular formula is C22H24N2O4S2. The SMILES string of the molecule is CCOc1cc(-c2ccccc2)sc1C(=O)NCCS(=O)(=O)NCc1ccccc1. The van der Waals surface area contributed by atoms with Crippen LogP contribution in [0.1, 0.15) is 22.2 Å². The van der Waals surface area contributed by atoms with Gasteiger partial charge in [-0.25, -0.2) is 13.1 Å². The zero-order chi connectivity index (χ0) is 21.4. The van der Waals surface area contributed by atoms with Gasteiger partial charge in [0.1, 0.15) is 10.6 Å². The van der Waals surface area contributed by atoms with E-state index in [1.165, 1.54) is 11.3 Å². The first-order valence-electron chi connectivity index (χ1n) is 9.60. The van der Waals surface area contributed by atoms with Crippen LogP contribution in [0.15, 0.2) is 66.7 Å². The topological polar surface area (TPSA) is 84.5 Å². The van der Waals surface area contributed by atoms with Crippen molar-refractivity contribution in [2.45, 2.75) is 13.5 Å². The number of rotatable bonds is 10. The van der Waals surface area contributed by atoms with E-state index in [-0.39, 0.29) is 24.7 Å². The van der Waals surface area contributed by atoms with Crippen LogP contribution in [-0.2, 0) is 16.6 Å². The third-order valence-electron chi connectivity index (χ3n) is 4.26. The molecule has 30 heavy (non-hydrogen) atoms. The summed E-state index contributed by atoms with van der Waals surface area (Å²) >= 11 is 1.32. The third-order valence-corrected chi connectivity index (χ3v) is 6.75. The standard InChI is InChI=1S/C22H24N2O4S2/c1-2-28-19-15-20(18-11-7-4-8-12-18)29-21(19)22(25)23-13-14-30(26,27)24-16-17-9-5-3-6-10-17/h3-12,15,24H,2,13-14,16H2,1H3,(H,23,25). The maximum atomic E-state index is 12.7. The second kappa shape index (κ2) is 10.4. The number of nitrogens with one attached hydrogen (secondary N) is 2. The van der Waals surface area contributed by atoms with E-state index in [2.05, 4.69) is 10.0 Å². The van der Waals surface area contributed by atoms with E-state index in [0.717, 1.165) is 16.0 Å². The van der Waals surface area contributed by atoms with Gasteiger partial charge < -0.3 is 10.1 Å². The van der Waals surface area contributed by atoms with Gasteiger partial charge in [-0.15, -0.1) is 11.3 Å². The van der Waals surface area contributed by atoms with Crippen molar-refractivity contribution >= 4 is 27.3 Å². The molecule has 0 saturated heterocycles. The Morgan fingerprint density at radius 3 is 2.37 bits per heavy atom. The number of ether oxygens (including phenoxy) is 1. The van der Waals surface area contributed by atoms with Crippen molar-refractivity contribution in [3.63, 3.8) is 0 Å². The summed E-state index contributed by atoms with van der Waals surface area (Å²) < 4.78 is 32.6. The normalized spacial score (nSPS) is 11.2. The number of carbonyl (C=O) groups excluding carboxylic acids is 1. The second-order valence-corrected chi connectivity index (χ2v) is 9.46. The number of hydrogen-bond donors (Lipinski definition) is 2. The van der Waals surface area contributed by atoms with Gasteiger partial charge in [-0.05, 0) is 24.1 Å². The number of amides is 1. The predicted molar refractivity (Wildman–Crippen MR) is 120 cm³/mol. The highest BCUT2D eigenvalue weighted by Crippen LogP contribution is 2.36. The molecule has 8 heteroatoms. The Balaban J connectivity index is 1.59. The molecule has 1 heterocycles. The molecular weight excluding hydrogens is 420 g/mol. The first-order chi connectivity index (χ1) is 14.5. The van der Waals surface area contributed by atoms with Crippen LogP contribution in [-0.4, -0.2) is 33.2 Å². The molecule has 0 fully saturated rings. The smallest absolute Gasteiger partial charge is 0.265 e. The summed E-state index contributed by atoms with van der Waals surface area (Å²) in [7, 11) is -3.51. The third kappa shape index (κ3) is 6.16. The van der Waals surface area contributed by atoms with E-state index in [0.29, 0.717) is 17.2 Å². The fraction of sp³-hybridized carbons (Fsp3) is 0.227. The van der Waals surface area contributed by atoms with Crippen LogP contribution in [0.3, 0.4) is 0 Å². The molecule has 3 aromatic rings. The first kappa shape index (κ1) is 22.0. The Hall–Kier alpha value is -2.68. The van der Waals surface area contributed by atoms with E-state index in [9.17, 15) is 13.2 Å². The molecule has 0 saturated carbocycles. The van der Waals surface area contributed by atoms with E-state index in [4.69, 9.17) is 4.74 Å². The van der Waals surface area contributed by atoms with Crippen LogP contribution < -0.4 is 14.8 Å². The van der Waals surface area contributed by atoms with E-state index < -0.39 is 10.0 Å². The molecule has 2 aromatic carbocycles. The van der Waals surface area contributed by atoms with Gasteiger partial charge in [0.05, 0.1) is 12.4 Å². The van der Waals surface area contributed by atoms with Crippen LogP contribution >= 0.6 is 11.3 Å². The highest BCUT2D eigenvalue weighted by molar-refractivity contribution is 7.89. The summed E-state index contributed by atoms with van der Waals surface area (Å²) in [6, 6.07) is 20.8. The molecule has 0 bridgehead atoms. The lowest BCUT2D eigenvalue weighted by molar-refractivity contribution is 0.0957. The minimum absolute atomic E-state index is 0.00704. The van der Waals surface area contributed by atoms with Crippen molar-refractivity contribution in [2.24, 2.45) is 0 Å². The van der Waals surface area contributed by atoms with Crippen molar-refractivity contribution in [2.75, 3.05) is 18.9 Å². The number of benzene rings is 2. The number of carbonyl (C=O) groups is 1. The molecule has 3 rings (SSSR count). The molecule has 0 atom stereocenters. The van der Waals surface area contributed by atoms with E-state index in [1.54, 1.807) is 0 Å². The quantitative estimate of drug-likeness (QED) is 0.500. The average molecular weight is 445 g/mol. The summed E-state index contributed by atoms with van der Waals surface area (Å²) in [6.07, 6.45) is 0. The molecule has 0 unspecified atom stereocenters. The van der Waals surface area contributed by atoms with Crippen LogP contribution in [0.2, 0.25) is 0 Å². The Labute approximate surface area is 181 Å². The fourth-order valence-electron chi connectivity index (χ4n) is 2.78. The lowest BCUT2D eigenvalue weighted by Gasteiger charge is -2.08. The average Bonchev–Trinajstić information content (AvgIpc) is 3.18. The highest BCUT2D eigenvalue weighted by Gasteiger charge is 2.19. The maximum Gasteiger partial charge on any atom is 0.265 e. The minimum atomic E-state index is -3.51. The van der Waals surface area contributed by atoms with E-state index in [1.807, 2.05) is 73.7 Å². The van der Waals surface area contributed by atoms with Crippen molar-refractivity contribution in [1.29, 1.82) is 0 Å². The zero-order valence-corrected chi connectivity index (χ0v) is 18.3. The summed E-state index contributed by atoms with van der Waals surface area (Å²) in [5.74, 6) is -0.0419. The molecule has 6 nitrogen and oxygen atoms in total. The number of thiophene rings is 1. The lowest BCUT2D eigenvalue weighted by Crippen LogP contribution is -2.34. The van der Waals surface area contributed by atoms with Gasteiger partial charge in [-0.3, -0.25) is 4.79 Å². The largest absolute Gasteiger partial charge is 0.492 e. The van der Waals surface area contributed by atoms with Crippen molar-refractivity contribution in [3.05, 3.63) is 77.2 Å². The van der Waals surface area contributed by atoms with Crippen LogP contribution in [0, 0.1) is 0 Å². The molecule has 0 radical (unpaired) electrons. The van der Waals surface area contributed by atoms with Gasteiger partial charge in [0.15, 0.2) is 0 Å². The summed E-state index contributed by atoms with van der Waals surface area (Å²) in [5, 5.41) is 2.69. The van der Waals surface area contributed by atoms with Crippen LogP contribution in [0.25, 0.3) is 10.4 Å². The van der Waals surface area contributed by atoms with Crippen molar-refractivity contribution in [1.82, 2.24) is 10.0 Å². The Bertz CT molecular complexity index is 1070. The monoisotopic (exact) mass is 444 g/mol. The van der Waals surface area contributed by atoms with Gasteiger partial charge in [0, 0.05) is 18.0 Å². The Morgan fingerprint density at radius 1 is 1.03 bits per heavy atom. The highest BCUT2D eigenvalue weighted by atomic mass is 32.2. The molecule has 2 N–H and O–H groups in total. The molecule has 158 valence electrons. The zero-order valence-electron chi connectivity index (χ0n) is 16.6. The lowest BCUT2D eigenvalue weighted by atomic mass is 10.2. The summed E-state index contributed by atoms with van der Waals surface area (Å²) in [4.78, 5) is 14.0. The van der Waals surface area contributed by atoms with Gasteiger partial charge >= 0.3 is 0 Å². The predicted octanol–water partition coefficient (Wildman–Crippen LogP) is 3.66. The molecule has 1 amide bonds. The Morgan fingerprint density at radius 2 is 1.70 bits per heavy atom. The summed E-state index contributed by atoms with van der Waals surface area (Å²) in [5.41, 5.74) is 1.87. The second-order valence-electron chi connectivity index (χ2n) is 6.48. The molecule has 1 aromatic heterocycles. The van der Waals surface area contributed by atoms with Gasteiger partial charge in [0.25, 0.3) is 5.91 Å².